The van der Waals surface area contributed by atoms with Gasteiger partial charge in [0.05, 0.1) is 17.6 Å². The smallest absolute Gasteiger partial charge is 0.325 e. The number of piperazine rings is 1. The molecule has 0 unspecified atom stereocenters. The predicted molar refractivity (Wildman–Crippen MR) is 127 cm³/mol. The molecule has 8 nitrogen and oxygen atoms in total. The van der Waals surface area contributed by atoms with Gasteiger partial charge in [0.1, 0.15) is 11.6 Å². The number of imidazole rings is 1. The summed E-state index contributed by atoms with van der Waals surface area (Å²) in [5.74, 6) is 0.622. The molecule has 1 aliphatic heterocycles. The molecule has 0 spiro atoms. The number of nitrogens with zero attached hydrogens (tertiary/aromatic N) is 3. The fourth-order valence-corrected chi connectivity index (χ4v) is 4.27. The van der Waals surface area contributed by atoms with Gasteiger partial charge in [0, 0.05) is 44.5 Å². The molecule has 0 atom stereocenters. The Morgan fingerprint density at radius 1 is 1.03 bits per heavy atom. The van der Waals surface area contributed by atoms with Gasteiger partial charge in [-0.05, 0) is 48.4 Å². The Morgan fingerprint density at radius 2 is 1.82 bits per heavy atom. The summed E-state index contributed by atoms with van der Waals surface area (Å²) >= 11 is 0. The van der Waals surface area contributed by atoms with Gasteiger partial charge in [0.25, 0.3) is 0 Å². The van der Waals surface area contributed by atoms with Crippen LogP contribution < -0.4 is 10.4 Å². The summed E-state index contributed by atoms with van der Waals surface area (Å²) < 4.78 is 18.9. The second-order valence-electron chi connectivity index (χ2n) is 8.55. The zero-order valence-corrected chi connectivity index (χ0v) is 18.7. The van der Waals surface area contributed by atoms with Crippen molar-refractivity contribution in [1.82, 2.24) is 24.8 Å². The van der Waals surface area contributed by atoms with Gasteiger partial charge in [-0.15, -0.1) is 0 Å². The lowest BCUT2D eigenvalue weighted by atomic mass is 10.2. The Bertz CT molecular complexity index is 1360. The molecule has 0 aliphatic carbocycles. The number of aromatic nitrogens is 3. The van der Waals surface area contributed by atoms with Gasteiger partial charge >= 0.3 is 5.69 Å². The molecule has 0 bridgehead atoms. The first-order valence-electron chi connectivity index (χ1n) is 11.4. The number of halogens is 1. The summed E-state index contributed by atoms with van der Waals surface area (Å²) in [7, 11) is 0. The lowest BCUT2D eigenvalue weighted by Crippen LogP contribution is -2.48. The SMILES string of the molecule is O=C(CCCOc1ccc2nc3[nH]c(=O)[nH]c3cc2c1)N1CCN(Cc2ccc(F)cc2)CC1. The van der Waals surface area contributed by atoms with Crippen LogP contribution in [0.15, 0.2) is 53.3 Å². The molecule has 34 heavy (non-hydrogen) atoms. The number of carbonyl (C=O) groups is 1. The van der Waals surface area contributed by atoms with Gasteiger partial charge in [-0.25, -0.2) is 14.2 Å². The average Bonchev–Trinajstić information content (AvgIpc) is 3.20. The summed E-state index contributed by atoms with van der Waals surface area (Å²) in [4.78, 5) is 38.0. The molecule has 4 aromatic rings. The van der Waals surface area contributed by atoms with Crippen LogP contribution in [0.3, 0.4) is 0 Å². The minimum Gasteiger partial charge on any atom is -0.494 e. The highest BCUT2D eigenvalue weighted by molar-refractivity contribution is 5.90. The first kappa shape index (κ1) is 22.1. The summed E-state index contributed by atoms with van der Waals surface area (Å²) in [6.07, 6.45) is 1.08. The number of benzene rings is 2. The van der Waals surface area contributed by atoms with E-state index in [-0.39, 0.29) is 17.4 Å². The average molecular weight is 464 g/mol. The maximum atomic E-state index is 13.1. The Hall–Kier alpha value is -3.72. The number of nitrogens with one attached hydrogen (secondary N) is 2. The summed E-state index contributed by atoms with van der Waals surface area (Å²) in [6, 6.07) is 14.0. The first-order valence-corrected chi connectivity index (χ1v) is 11.4. The molecule has 2 aromatic heterocycles. The Labute approximate surface area is 195 Å². The van der Waals surface area contributed by atoms with Crippen LogP contribution >= 0.6 is 0 Å². The molecule has 9 heteroatoms. The molecular weight excluding hydrogens is 437 g/mol. The van der Waals surface area contributed by atoms with Crippen molar-refractivity contribution in [3.8, 4) is 5.75 Å². The molecule has 0 radical (unpaired) electrons. The van der Waals surface area contributed by atoms with E-state index in [1.165, 1.54) is 12.1 Å². The number of ether oxygens (including phenoxy) is 1. The maximum Gasteiger partial charge on any atom is 0.325 e. The van der Waals surface area contributed by atoms with Crippen molar-refractivity contribution in [3.63, 3.8) is 0 Å². The van der Waals surface area contributed by atoms with Gasteiger partial charge in [-0.1, -0.05) is 12.1 Å². The first-order chi connectivity index (χ1) is 16.5. The van der Waals surface area contributed by atoms with Crippen LogP contribution in [0.5, 0.6) is 5.75 Å². The lowest BCUT2D eigenvalue weighted by Gasteiger charge is -2.34. The van der Waals surface area contributed by atoms with Gasteiger partial charge in [0.15, 0.2) is 5.65 Å². The minimum absolute atomic E-state index is 0.145. The highest BCUT2D eigenvalue weighted by Gasteiger charge is 2.20. The quantitative estimate of drug-likeness (QED) is 0.411. The van der Waals surface area contributed by atoms with Crippen LogP contribution in [0, 0.1) is 5.82 Å². The normalized spacial score (nSPS) is 14.7. The van der Waals surface area contributed by atoms with Crippen LogP contribution in [0.2, 0.25) is 0 Å². The van der Waals surface area contributed by atoms with E-state index in [0.29, 0.717) is 49.5 Å². The van der Waals surface area contributed by atoms with Crippen molar-refractivity contribution >= 4 is 28.0 Å². The van der Waals surface area contributed by atoms with Crippen LogP contribution in [0.4, 0.5) is 4.39 Å². The number of hydrogen-bond donors (Lipinski definition) is 2. The van der Waals surface area contributed by atoms with Gasteiger partial charge in [-0.3, -0.25) is 14.7 Å². The second kappa shape index (κ2) is 9.64. The fraction of sp³-hybridized carbons (Fsp3) is 0.320. The highest BCUT2D eigenvalue weighted by Crippen LogP contribution is 2.22. The highest BCUT2D eigenvalue weighted by atomic mass is 19.1. The minimum atomic E-state index is -0.284. The third-order valence-corrected chi connectivity index (χ3v) is 6.11. The van der Waals surface area contributed by atoms with Crippen molar-refractivity contribution < 1.29 is 13.9 Å². The van der Waals surface area contributed by atoms with E-state index in [1.807, 2.05) is 29.2 Å². The zero-order valence-electron chi connectivity index (χ0n) is 18.7. The number of amides is 1. The summed E-state index contributed by atoms with van der Waals surface area (Å²) in [5.41, 5.74) is 2.74. The van der Waals surface area contributed by atoms with Crippen LogP contribution in [0.25, 0.3) is 22.1 Å². The number of pyridine rings is 1. The Balaban J connectivity index is 1.06. The van der Waals surface area contributed by atoms with Crippen molar-refractivity contribution in [2.45, 2.75) is 19.4 Å². The molecule has 0 saturated carbocycles. The van der Waals surface area contributed by atoms with Crippen LogP contribution in [0.1, 0.15) is 18.4 Å². The number of aromatic amines is 2. The van der Waals surface area contributed by atoms with E-state index in [0.717, 1.165) is 36.1 Å². The van der Waals surface area contributed by atoms with Crippen molar-refractivity contribution in [1.29, 1.82) is 0 Å². The number of carbonyl (C=O) groups excluding carboxylic acids is 1. The van der Waals surface area contributed by atoms with E-state index in [2.05, 4.69) is 19.9 Å². The third kappa shape index (κ3) is 5.09. The molecule has 1 amide bonds. The molecular formula is C25H26FN5O3. The van der Waals surface area contributed by atoms with E-state index < -0.39 is 0 Å². The van der Waals surface area contributed by atoms with Crippen LogP contribution in [-0.2, 0) is 11.3 Å². The molecule has 3 heterocycles. The number of rotatable bonds is 7. The van der Waals surface area contributed by atoms with E-state index in [9.17, 15) is 14.0 Å². The van der Waals surface area contributed by atoms with E-state index in [1.54, 1.807) is 12.1 Å². The molecule has 5 rings (SSSR count). The maximum absolute atomic E-state index is 13.1. The van der Waals surface area contributed by atoms with Crippen molar-refractivity contribution in [2.24, 2.45) is 0 Å². The predicted octanol–water partition coefficient (Wildman–Crippen LogP) is 3.05. The van der Waals surface area contributed by atoms with Gasteiger partial charge in [0.2, 0.25) is 5.91 Å². The lowest BCUT2D eigenvalue weighted by molar-refractivity contribution is -0.133. The molecule has 1 aliphatic rings. The molecule has 2 aromatic carbocycles. The molecule has 176 valence electrons. The monoisotopic (exact) mass is 463 g/mol. The standard InChI is InChI=1S/C25H26FN5O3/c26-19-5-3-17(4-6-19)16-30-9-11-31(12-10-30)23(32)2-1-13-34-20-7-8-21-18(14-20)15-22-24(27-21)29-25(33)28-22/h3-8,14-15H,1-2,9-13,16H2,(H2,27,28,29,33). The summed E-state index contributed by atoms with van der Waals surface area (Å²) in [5, 5.41) is 0.870. The molecule has 2 N–H and O–H groups in total. The van der Waals surface area contributed by atoms with Crippen molar-refractivity contribution in [2.75, 3.05) is 32.8 Å². The zero-order chi connectivity index (χ0) is 23.5. The van der Waals surface area contributed by atoms with Gasteiger partial charge < -0.3 is 14.6 Å². The fourth-order valence-electron chi connectivity index (χ4n) is 4.27. The second-order valence-corrected chi connectivity index (χ2v) is 8.55. The number of H-pyrrole nitrogens is 2. The van der Waals surface area contributed by atoms with Crippen molar-refractivity contribution in [3.05, 3.63) is 70.4 Å². The summed E-state index contributed by atoms with van der Waals surface area (Å²) in [6.45, 7) is 4.24. The Morgan fingerprint density at radius 3 is 2.62 bits per heavy atom. The number of fused-ring (bicyclic) bond motifs is 2. The van der Waals surface area contributed by atoms with E-state index >= 15 is 0 Å². The Kier molecular flexibility index (Phi) is 6.27. The van der Waals surface area contributed by atoms with E-state index in [4.69, 9.17) is 4.74 Å². The van der Waals surface area contributed by atoms with Crippen LogP contribution in [-0.4, -0.2) is 63.4 Å². The third-order valence-electron chi connectivity index (χ3n) is 6.11. The largest absolute Gasteiger partial charge is 0.494 e. The number of hydrogen-bond acceptors (Lipinski definition) is 5. The molecule has 1 fully saturated rings. The van der Waals surface area contributed by atoms with Gasteiger partial charge in [-0.2, -0.15) is 0 Å². The molecule has 1 saturated heterocycles. The topological polar surface area (TPSA) is 94.3 Å².